The van der Waals surface area contributed by atoms with Gasteiger partial charge in [-0.05, 0) is 48.9 Å². The zero-order chi connectivity index (χ0) is 16.7. The van der Waals surface area contributed by atoms with E-state index in [1.807, 2.05) is 6.07 Å². The van der Waals surface area contributed by atoms with Crippen molar-refractivity contribution in [1.82, 2.24) is 20.2 Å². The molecule has 3 N–H and O–H groups in total. The molecule has 24 heavy (non-hydrogen) atoms. The number of H-pyrrole nitrogens is 2. The second-order valence-electron chi connectivity index (χ2n) is 5.77. The lowest BCUT2D eigenvalue weighted by molar-refractivity contribution is 0.600. The van der Waals surface area contributed by atoms with Gasteiger partial charge in [0.15, 0.2) is 11.5 Å². The smallest absolute Gasteiger partial charge is 0.264 e. The van der Waals surface area contributed by atoms with Crippen molar-refractivity contribution in [1.29, 1.82) is 0 Å². The van der Waals surface area contributed by atoms with Gasteiger partial charge in [0.1, 0.15) is 5.39 Å². The topological polar surface area (TPSA) is 121 Å². The molecular formula is C15H15N5O3S. The molecule has 0 radical (unpaired) electrons. The molecule has 1 aliphatic rings. The van der Waals surface area contributed by atoms with E-state index in [9.17, 15) is 13.2 Å². The number of aryl methyl sites for hydroxylation is 2. The van der Waals surface area contributed by atoms with E-state index in [2.05, 4.69) is 24.9 Å². The highest BCUT2D eigenvalue weighted by atomic mass is 32.2. The summed E-state index contributed by atoms with van der Waals surface area (Å²) in [7, 11) is -3.84. The lowest BCUT2D eigenvalue weighted by Crippen LogP contribution is -2.16. The predicted octanol–water partition coefficient (Wildman–Crippen LogP) is 1.33. The molecule has 0 atom stereocenters. The van der Waals surface area contributed by atoms with Crippen LogP contribution in [0.5, 0.6) is 0 Å². The van der Waals surface area contributed by atoms with E-state index >= 15 is 0 Å². The Morgan fingerprint density at radius 1 is 1.12 bits per heavy atom. The molecule has 4 rings (SSSR count). The van der Waals surface area contributed by atoms with Gasteiger partial charge in [0, 0.05) is 0 Å². The third kappa shape index (κ3) is 2.46. The monoisotopic (exact) mass is 345 g/mol. The van der Waals surface area contributed by atoms with Crippen LogP contribution in [0.2, 0.25) is 0 Å². The Labute approximate surface area is 137 Å². The molecule has 2 aromatic heterocycles. The molecule has 2 heterocycles. The molecule has 0 unspecified atom stereocenters. The number of nitrogens with one attached hydrogen (secondary N) is 3. The highest BCUT2D eigenvalue weighted by Crippen LogP contribution is 2.25. The minimum absolute atomic E-state index is 0.0583. The lowest BCUT2D eigenvalue weighted by atomic mass is 9.92. The van der Waals surface area contributed by atoms with E-state index in [1.165, 1.54) is 11.9 Å². The molecule has 1 aliphatic carbocycles. The Hall–Kier alpha value is -2.68. The standard InChI is InChI=1S/C15H15N5O3S/c21-15-12-13(16-8-17-15)18-19-14(12)20-24(22,23)11-6-5-9-3-1-2-4-10(9)7-11/h5-8H,1-4H2,(H3,16,17,18,19,20,21). The summed E-state index contributed by atoms with van der Waals surface area (Å²) in [5.41, 5.74) is 2.03. The molecule has 3 aromatic rings. The molecule has 0 fully saturated rings. The Morgan fingerprint density at radius 2 is 1.92 bits per heavy atom. The van der Waals surface area contributed by atoms with Crippen molar-refractivity contribution in [3.05, 3.63) is 46.0 Å². The van der Waals surface area contributed by atoms with Crippen molar-refractivity contribution in [2.75, 3.05) is 4.72 Å². The van der Waals surface area contributed by atoms with Gasteiger partial charge >= 0.3 is 0 Å². The van der Waals surface area contributed by atoms with Crippen molar-refractivity contribution in [2.24, 2.45) is 0 Å². The number of aromatic nitrogens is 4. The number of aromatic amines is 2. The molecule has 1 aromatic carbocycles. The summed E-state index contributed by atoms with van der Waals surface area (Å²) in [6.07, 6.45) is 5.29. The Balaban J connectivity index is 1.74. The lowest BCUT2D eigenvalue weighted by Gasteiger charge is -2.16. The van der Waals surface area contributed by atoms with Crippen molar-refractivity contribution < 1.29 is 8.42 Å². The predicted molar refractivity (Wildman–Crippen MR) is 88.4 cm³/mol. The average molecular weight is 345 g/mol. The molecule has 8 nitrogen and oxygen atoms in total. The largest absolute Gasteiger partial charge is 0.312 e. The van der Waals surface area contributed by atoms with E-state index in [1.54, 1.807) is 12.1 Å². The van der Waals surface area contributed by atoms with Crippen LogP contribution in [-0.4, -0.2) is 28.6 Å². The van der Waals surface area contributed by atoms with Crippen LogP contribution < -0.4 is 10.3 Å². The SMILES string of the molecule is O=c1[nH]cnc2[nH]nc(NS(=O)(=O)c3ccc4c(c3)CCCC4)c12. The maximum absolute atomic E-state index is 12.6. The fourth-order valence-corrected chi connectivity index (χ4v) is 4.07. The van der Waals surface area contributed by atoms with Crippen LogP contribution in [0.3, 0.4) is 0 Å². The van der Waals surface area contributed by atoms with E-state index in [4.69, 9.17) is 0 Å². The highest BCUT2D eigenvalue weighted by Gasteiger charge is 2.21. The third-order valence-corrected chi connectivity index (χ3v) is 5.56. The van der Waals surface area contributed by atoms with E-state index in [0.29, 0.717) is 0 Å². The molecule has 0 amide bonds. The van der Waals surface area contributed by atoms with E-state index in [0.717, 1.165) is 31.2 Å². The number of nitrogens with zero attached hydrogens (tertiary/aromatic N) is 2. The maximum Gasteiger partial charge on any atom is 0.264 e. The second kappa shape index (κ2) is 5.45. The first-order chi connectivity index (χ1) is 11.5. The molecule has 0 spiro atoms. The van der Waals surface area contributed by atoms with Gasteiger partial charge < -0.3 is 4.98 Å². The van der Waals surface area contributed by atoms with Crippen LogP contribution in [0.15, 0.2) is 34.2 Å². The third-order valence-electron chi connectivity index (χ3n) is 4.22. The van der Waals surface area contributed by atoms with Gasteiger partial charge in [0.25, 0.3) is 15.6 Å². The number of hydrogen-bond donors (Lipinski definition) is 3. The summed E-state index contributed by atoms with van der Waals surface area (Å²) in [5, 5.41) is 6.48. The molecule has 0 saturated carbocycles. The van der Waals surface area contributed by atoms with Crippen molar-refractivity contribution in [3.8, 4) is 0 Å². The first-order valence-corrected chi connectivity index (χ1v) is 9.09. The molecular weight excluding hydrogens is 330 g/mol. The fourth-order valence-electron chi connectivity index (χ4n) is 3.01. The van der Waals surface area contributed by atoms with Gasteiger partial charge in [-0.3, -0.25) is 14.6 Å². The van der Waals surface area contributed by atoms with Gasteiger partial charge in [0.05, 0.1) is 11.2 Å². The summed E-state index contributed by atoms with van der Waals surface area (Å²) >= 11 is 0. The van der Waals surface area contributed by atoms with E-state index < -0.39 is 15.6 Å². The molecule has 0 aliphatic heterocycles. The summed E-state index contributed by atoms with van der Waals surface area (Å²) in [6, 6.07) is 5.15. The second-order valence-corrected chi connectivity index (χ2v) is 7.45. The summed E-state index contributed by atoms with van der Waals surface area (Å²) in [5.74, 6) is -0.0583. The number of fused-ring (bicyclic) bond motifs is 2. The number of hydrogen-bond acceptors (Lipinski definition) is 5. The summed E-state index contributed by atoms with van der Waals surface area (Å²) in [4.78, 5) is 18.4. The summed E-state index contributed by atoms with van der Waals surface area (Å²) in [6.45, 7) is 0. The minimum Gasteiger partial charge on any atom is -0.312 e. The number of anilines is 1. The Kier molecular flexibility index (Phi) is 3.38. The first kappa shape index (κ1) is 14.9. The van der Waals surface area contributed by atoms with Gasteiger partial charge in [0.2, 0.25) is 0 Å². The fraction of sp³-hybridized carbons (Fsp3) is 0.267. The van der Waals surface area contributed by atoms with Crippen molar-refractivity contribution in [3.63, 3.8) is 0 Å². The van der Waals surface area contributed by atoms with Gasteiger partial charge in [-0.1, -0.05) is 6.07 Å². The van der Waals surface area contributed by atoms with Crippen LogP contribution in [0.25, 0.3) is 11.0 Å². The molecule has 124 valence electrons. The summed E-state index contributed by atoms with van der Waals surface area (Å²) < 4.78 is 27.7. The van der Waals surface area contributed by atoms with Crippen molar-refractivity contribution in [2.45, 2.75) is 30.6 Å². The van der Waals surface area contributed by atoms with E-state index in [-0.39, 0.29) is 21.7 Å². The Bertz CT molecular complexity index is 1080. The Morgan fingerprint density at radius 3 is 2.75 bits per heavy atom. The minimum atomic E-state index is -3.84. The van der Waals surface area contributed by atoms with Crippen LogP contribution in [-0.2, 0) is 22.9 Å². The number of rotatable bonds is 3. The zero-order valence-corrected chi connectivity index (χ0v) is 13.5. The van der Waals surface area contributed by atoms with Gasteiger partial charge in [-0.15, -0.1) is 0 Å². The van der Waals surface area contributed by atoms with Crippen LogP contribution >= 0.6 is 0 Å². The van der Waals surface area contributed by atoms with Crippen LogP contribution in [0, 0.1) is 0 Å². The maximum atomic E-state index is 12.6. The van der Waals surface area contributed by atoms with Gasteiger partial charge in [-0.25, -0.2) is 13.4 Å². The average Bonchev–Trinajstić information content (AvgIpc) is 2.98. The highest BCUT2D eigenvalue weighted by molar-refractivity contribution is 7.92. The zero-order valence-electron chi connectivity index (χ0n) is 12.7. The molecule has 9 heteroatoms. The first-order valence-electron chi connectivity index (χ1n) is 7.61. The number of benzene rings is 1. The number of sulfonamides is 1. The normalized spacial score (nSPS) is 14.5. The van der Waals surface area contributed by atoms with Crippen LogP contribution in [0.1, 0.15) is 24.0 Å². The molecule has 0 bridgehead atoms. The van der Waals surface area contributed by atoms with Gasteiger partial charge in [-0.2, -0.15) is 5.10 Å². The molecule has 0 saturated heterocycles. The quantitative estimate of drug-likeness (QED) is 0.661. The van der Waals surface area contributed by atoms with Crippen molar-refractivity contribution >= 4 is 26.9 Å². The van der Waals surface area contributed by atoms with Crippen LogP contribution in [0.4, 0.5) is 5.82 Å².